The quantitative estimate of drug-likeness (QED) is 0.302. The molecule has 1 atom stereocenters. The molecule has 0 saturated carbocycles. The number of benzene rings is 3. The summed E-state index contributed by atoms with van der Waals surface area (Å²) in [5, 5.41) is 0. The second-order valence-corrected chi connectivity index (χ2v) is 22.0. The molecule has 2 aliphatic carbocycles. The molecule has 0 heterocycles. The van der Waals surface area contributed by atoms with Gasteiger partial charge in [-0.05, 0) is 0 Å². The number of rotatable bonds is 3. The van der Waals surface area contributed by atoms with Crippen molar-refractivity contribution in [3.63, 3.8) is 0 Å². The molecule has 0 saturated heterocycles. The third-order valence-corrected chi connectivity index (χ3v) is 17.7. The maximum Gasteiger partial charge on any atom is -1.00 e. The molecule has 0 spiro atoms. The van der Waals surface area contributed by atoms with Gasteiger partial charge in [0.05, 0.1) is 0 Å². The van der Waals surface area contributed by atoms with Crippen molar-refractivity contribution >= 4 is 6.48 Å². The second-order valence-electron chi connectivity index (χ2n) is 15.6. The summed E-state index contributed by atoms with van der Waals surface area (Å²) in [6.45, 7) is 28.7. The van der Waals surface area contributed by atoms with Crippen LogP contribution in [0, 0.1) is 11.3 Å². The average Bonchev–Trinajstić information content (AvgIpc) is 3.40. The predicted molar refractivity (Wildman–Crippen MR) is 177 cm³/mol. The van der Waals surface area contributed by atoms with Crippen LogP contribution in [-0.2, 0) is 38.5 Å². The minimum Gasteiger partial charge on any atom is -1.00 e. The first-order chi connectivity index (χ1) is 19.0. The van der Waals surface area contributed by atoms with Gasteiger partial charge in [0.1, 0.15) is 0 Å². The zero-order valence-electron chi connectivity index (χ0n) is 28.4. The van der Waals surface area contributed by atoms with Gasteiger partial charge in [0, 0.05) is 0 Å². The Hall–Kier alpha value is -1.53. The Labute approximate surface area is 282 Å². The van der Waals surface area contributed by atoms with Gasteiger partial charge in [0.15, 0.2) is 0 Å². The number of allylic oxidation sites excluding steroid dienone is 4. The largest absolute Gasteiger partial charge is 1.00 e. The van der Waals surface area contributed by atoms with Crippen LogP contribution in [0.25, 0.3) is 11.1 Å². The van der Waals surface area contributed by atoms with E-state index in [1.165, 1.54) is 33.4 Å². The summed E-state index contributed by atoms with van der Waals surface area (Å²) >= 11 is -2.60. The number of hydrogen-bond donors (Lipinski definition) is 0. The van der Waals surface area contributed by atoms with E-state index in [9.17, 15) is 0 Å². The van der Waals surface area contributed by atoms with E-state index in [0.717, 1.165) is 6.42 Å². The molecule has 0 N–H and O–H groups in total. The molecule has 2 aliphatic rings. The summed E-state index contributed by atoms with van der Waals surface area (Å²) in [4.78, 5) is 0. The minimum absolute atomic E-state index is 0. The van der Waals surface area contributed by atoms with E-state index < -0.39 is 21.3 Å². The molecule has 3 heteroatoms. The summed E-state index contributed by atoms with van der Waals surface area (Å²) in [5.74, 6) is 0.488. The number of fused-ring (bicyclic) bond motifs is 3. The fourth-order valence-corrected chi connectivity index (χ4v) is 15.4. The van der Waals surface area contributed by atoms with Gasteiger partial charge in [-0.3, -0.25) is 0 Å². The maximum absolute atomic E-state index is 2.67. The second kappa shape index (κ2) is 12.7. The van der Waals surface area contributed by atoms with Crippen molar-refractivity contribution in [3.8, 4) is 11.1 Å². The monoisotopic (exact) mass is 690 g/mol. The van der Waals surface area contributed by atoms with E-state index >= 15 is 0 Å². The van der Waals surface area contributed by atoms with E-state index in [0.29, 0.717) is 5.92 Å². The van der Waals surface area contributed by atoms with E-state index in [1.807, 2.05) is 0 Å². The van der Waals surface area contributed by atoms with Gasteiger partial charge >= 0.3 is 260 Å². The number of hydrogen-bond acceptors (Lipinski definition) is 0. The molecular formula is C40H50Cl2Zr. The fraction of sp³-hybridized carbons (Fsp3) is 0.425. The zero-order valence-corrected chi connectivity index (χ0v) is 32.4. The molecule has 0 aliphatic heterocycles. The van der Waals surface area contributed by atoms with Gasteiger partial charge in [-0.1, -0.05) is 0 Å². The molecule has 0 aromatic heterocycles. The Morgan fingerprint density at radius 3 is 1.84 bits per heavy atom. The Bertz CT molecular complexity index is 1610. The van der Waals surface area contributed by atoms with Crippen molar-refractivity contribution in [2.45, 2.75) is 100 Å². The van der Waals surface area contributed by atoms with Crippen molar-refractivity contribution in [1.82, 2.24) is 0 Å². The summed E-state index contributed by atoms with van der Waals surface area (Å²) < 4.78 is 5.13. The zero-order chi connectivity index (χ0) is 30.1. The topological polar surface area (TPSA) is 0 Å². The first-order valence-corrected chi connectivity index (χ1v) is 19.2. The van der Waals surface area contributed by atoms with Gasteiger partial charge in [-0.25, -0.2) is 0 Å². The van der Waals surface area contributed by atoms with Gasteiger partial charge in [-0.15, -0.1) is 0 Å². The molecule has 1 unspecified atom stereocenters. The molecule has 3 aromatic carbocycles. The molecule has 0 fully saturated rings. The Balaban J connectivity index is 0.00000253. The van der Waals surface area contributed by atoms with E-state index in [4.69, 9.17) is 0 Å². The summed E-state index contributed by atoms with van der Waals surface area (Å²) in [7, 11) is 0. The Morgan fingerprint density at radius 1 is 0.721 bits per heavy atom. The summed E-state index contributed by atoms with van der Waals surface area (Å²) in [6, 6.07) is 23.8. The molecule has 228 valence electrons. The van der Waals surface area contributed by atoms with Crippen molar-refractivity contribution in [2.75, 3.05) is 0 Å². The maximum atomic E-state index is 2.67. The van der Waals surface area contributed by atoms with Crippen LogP contribution >= 0.6 is 0 Å². The molecule has 0 radical (unpaired) electrons. The smallest absolute Gasteiger partial charge is 1.00 e. The van der Waals surface area contributed by atoms with Crippen LogP contribution in [0.3, 0.4) is 0 Å². The normalized spacial score (nSPS) is 16.6. The number of halogens is 2. The summed E-state index contributed by atoms with van der Waals surface area (Å²) in [5.41, 5.74) is 13.9. The fourth-order valence-electron chi connectivity index (χ4n) is 6.95. The Morgan fingerprint density at radius 2 is 1.30 bits per heavy atom. The molecule has 3 aromatic rings. The Kier molecular flexibility index (Phi) is 10.6. The molecule has 0 bridgehead atoms. The SMILES string of the molecule is CC1=[C](/[Zr+2](=[C](\C)c2ccccc2)[c]2cc(C(C)(C)C)cc3c2Cc2ccc(C(C)(C)C)cc2-3)C(C)C=C1C(C)(C)C.[Cl-].[Cl-]. The van der Waals surface area contributed by atoms with Crippen LogP contribution in [0.2, 0.25) is 0 Å². The third kappa shape index (κ3) is 6.86. The molecular weight excluding hydrogens is 643 g/mol. The third-order valence-electron chi connectivity index (χ3n) is 9.36. The minimum atomic E-state index is -2.60. The molecule has 0 amide bonds. The van der Waals surface area contributed by atoms with Gasteiger partial charge in [0.2, 0.25) is 0 Å². The van der Waals surface area contributed by atoms with Gasteiger partial charge in [0.25, 0.3) is 0 Å². The van der Waals surface area contributed by atoms with Crippen LogP contribution < -0.4 is 28.1 Å². The van der Waals surface area contributed by atoms with Crippen LogP contribution in [0.5, 0.6) is 0 Å². The van der Waals surface area contributed by atoms with Gasteiger partial charge < -0.3 is 24.8 Å². The van der Waals surface area contributed by atoms with Gasteiger partial charge in [-0.2, -0.15) is 0 Å². The van der Waals surface area contributed by atoms with Crippen LogP contribution in [0.4, 0.5) is 0 Å². The average molecular weight is 693 g/mol. The first kappa shape index (κ1) is 35.9. The van der Waals surface area contributed by atoms with Crippen molar-refractivity contribution in [3.05, 3.63) is 109 Å². The van der Waals surface area contributed by atoms with Crippen LogP contribution in [0.15, 0.2) is 81.2 Å². The molecule has 0 nitrogen and oxygen atoms in total. The molecule has 43 heavy (non-hydrogen) atoms. The van der Waals surface area contributed by atoms with Crippen molar-refractivity contribution < 1.29 is 46.1 Å². The van der Waals surface area contributed by atoms with E-state index in [2.05, 4.69) is 150 Å². The predicted octanol–water partition coefficient (Wildman–Crippen LogP) is 4.24. The van der Waals surface area contributed by atoms with E-state index in [1.54, 1.807) is 26.5 Å². The van der Waals surface area contributed by atoms with Crippen LogP contribution in [-0.4, -0.2) is 3.21 Å². The van der Waals surface area contributed by atoms with Crippen LogP contribution in [0.1, 0.15) is 111 Å². The van der Waals surface area contributed by atoms with Crippen molar-refractivity contribution in [2.24, 2.45) is 11.3 Å². The van der Waals surface area contributed by atoms with E-state index in [-0.39, 0.29) is 41.1 Å². The van der Waals surface area contributed by atoms with Crippen molar-refractivity contribution in [1.29, 1.82) is 0 Å². The first-order valence-electron chi connectivity index (χ1n) is 15.5. The molecule has 5 rings (SSSR count). The standard InChI is InChI=1S/C21H25.C11H17.C8H8.2ClH.Zr/c1-20(2,3)16-9-7-14-11-15-8-10-17(21(4,5)6)13-19(15)18(14)12-16;1-8-6-9(2)10(7-8)11(3,4)5;1-2-8-6-4-3-5-7-8;;;/h7,9-10,12-13H,11H2,1-6H3;7-8H,1-5H3;3-7H,1H3;2*1H;/q;;;;;+2/p-2. The summed E-state index contributed by atoms with van der Waals surface area (Å²) in [6.07, 6.45) is 3.66.